The Labute approximate surface area is 110 Å². The second kappa shape index (κ2) is 6.42. The van der Waals surface area contributed by atoms with E-state index in [2.05, 4.69) is 25.9 Å². The Morgan fingerprint density at radius 2 is 1.76 bits per heavy atom. The molecular formula is C12H26NO2PS. The van der Waals surface area contributed by atoms with Gasteiger partial charge in [-0.2, -0.15) is 0 Å². The molecule has 1 atom stereocenters. The summed E-state index contributed by atoms with van der Waals surface area (Å²) in [6, 6.07) is 0. The molecule has 0 heterocycles. The third-order valence-corrected chi connectivity index (χ3v) is 4.84. The Hall–Kier alpha value is 0.240. The summed E-state index contributed by atoms with van der Waals surface area (Å²) in [6.45, 7) is 14.6. The first-order valence-electron chi connectivity index (χ1n) is 5.87. The van der Waals surface area contributed by atoms with Crippen LogP contribution in [0.4, 0.5) is 0 Å². The molecule has 0 saturated carbocycles. The Morgan fingerprint density at radius 3 is 2.12 bits per heavy atom. The minimum atomic E-state index is -2.88. The van der Waals surface area contributed by atoms with Gasteiger partial charge in [-0.3, -0.25) is 4.57 Å². The fourth-order valence-electron chi connectivity index (χ4n) is 1.09. The Bertz CT molecular complexity index is 303. The Kier molecular flexibility index (Phi) is 6.51. The van der Waals surface area contributed by atoms with E-state index >= 15 is 0 Å². The summed E-state index contributed by atoms with van der Waals surface area (Å²) >= 11 is 1.64. The lowest BCUT2D eigenvalue weighted by Gasteiger charge is -2.26. The summed E-state index contributed by atoms with van der Waals surface area (Å²) in [5.41, 5.74) is -0.235. The van der Waals surface area contributed by atoms with E-state index in [4.69, 9.17) is 4.52 Å². The van der Waals surface area contributed by atoms with Crippen LogP contribution in [-0.4, -0.2) is 16.9 Å². The molecule has 0 aliphatic carbocycles. The van der Waals surface area contributed by atoms with Crippen LogP contribution in [0, 0.1) is 0 Å². The minimum absolute atomic E-state index is 0.120. The first-order valence-corrected chi connectivity index (χ1v) is 8.44. The van der Waals surface area contributed by atoms with E-state index in [1.165, 1.54) is 0 Å². The second-order valence-corrected chi connectivity index (χ2v) is 9.60. The molecule has 0 aliphatic heterocycles. The highest BCUT2D eigenvalue weighted by Crippen LogP contribution is 2.47. The smallest absolute Gasteiger partial charge is 0.293 e. The maximum absolute atomic E-state index is 12.5. The van der Waals surface area contributed by atoms with Crippen molar-refractivity contribution in [2.45, 2.75) is 58.8 Å². The van der Waals surface area contributed by atoms with Crippen molar-refractivity contribution < 1.29 is 9.09 Å². The summed E-state index contributed by atoms with van der Waals surface area (Å²) in [4.78, 5) is 0. The van der Waals surface area contributed by atoms with E-state index in [0.29, 0.717) is 6.61 Å². The van der Waals surface area contributed by atoms with Gasteiger partial charge in [0.2, 0.25) is 0 Å². The summed E-state index contributed by atoms with van der Waals surface area (Å²) in [5, 5.41) is 4.92. The summed E-state index contributed by atoms with van der Waals surface area (Å²) in [5.74, 6) is 1.66. The first-order chi connectivity index (χ1) is 7.47. The predicted molar refractivity (Wildman–Crippen MR) is 78.6 cm³/mol. The molecule has 1 unspecified atom stereocenters. The highest BCUT2D eigenvalue weighted by molar-refractivity contribution is 8.03. The van der Waals surface area contributed by atoms with E-state index in [-0.39, 0.29) is 10.3 Å². The van der Waals surface area contributed by atoms with Crippen LogP contribution in [0.25, 0.3) is 0 Å². The van der Waals surface area contributed by atoms with Gasteiger partial charge in [0.1, 0.15) is 0 Å². The van der Waals surface area contributed by atoms with Crippen LogP contribution < -0.4 is 5.09 Å². The SMILES string of the molecule is CCOP(=O)(/C=C\SC(C)(C)C)NC(C)(C)C. The van der Waals surface area contributed by atoms with Crippen molar-refractivity contribution in [3.05, 3.63) is 11.2 Å². The molecule has 102 valence electrons. The standard InChI is InChI=1S/C12H26NO2PS/c1-8-15-16(14,13-11(2,3)4)9-10-17-12(5,6)7/h9-10H,8H2,1-7H3,(H,13,14)/b10-9-. The molecule has 0 aromatic rings. The molecule has 0 aliphatic rings. The van der Waals surface area contributed by atoms with Gasteiger partial charge in [-0.15, -0.1) is 11.8 Å². The van der Waals surface area contributed by atoms with Crippen LogP contribution in [-0.2, 0) is 9.09 Å². The molecule has 0 aromatic heterocycles. The average molecular weight is 279 g/mol. The second-order valence-electron chi connectivity index (χ2n) is 5.89. The van der Waals surface area contributed by atoms with Gasteiger partial charge in [0, 0.05) is 16.1 Å². The number of nitrogens with one attached hydrogen (secondary N) is 1. The molecule has 1 N–H and O–H groups in total. The van der Waals surface area contributed by atoms with Gasteiger partial charge in [-0.05, 0) is 33.1 Å². The van der Waals surface area contributed by atoms with E-state index in [1.54, 1.807) is 17.6 Å². The predicted octanol–water partition coefficient (Wildman–Crippen LogP) is 4.61. The van der Waals surface area contributed by atoms with Gasteiger partial charge < -0.3 is 4.52 Å². The van der Waals surface area contributed by atoms with Crippen molar-refractivity contribution in [3.63, 3.8) is 0 Å². The van der Waals surface area contributed by atoms with Gasteiger partial charge in [0.25, 0.3) is 7.52 Å². The molecule has 0 amide bonds. The van der Waals surface area contributed by atoms with Crippen molar-refractivity contribution in [3.8, 4) is 0 Å². The lowest BCUT2D eigenvalue weighted by Crippen LogP contribution is -2.33. The largest absolute Gasteiger partial charge is 0.315 e. The van der Waals surface area contributed by atoms with E-state index in [0.717, 1.165) is 0 Å². The van der Waals surface area contributed by atoms with Crippen LogP contribution in [0.3, 0.4) is 0 Å². The van der Waals surface area contributed by atoms with Gasteiger partial charge in [0.05, 0.1) is 6.61 Å². The number of rotatable bonds is 5. The fraction of sp³-hybridized carbons (Fsp3) is 0.833. The van der Waals surface area contributed by atoms with Crippen LogP contribution >= 0.6 is 19.3 Å². The monoisotopic (exact) mass is 279 g/mol. The van der Waals surface area contributed by atoms with Crippen molar-refractivity contribution in [2.75, 3.05) is 6.61 Å². The van der Waals surface area contributed by atoms with Gasteiger partial charge in [0.15, 0.2) is 0 Å². The van der Waals surface area contributed by atoms with E-state index < -0.39 is 7.52 Å². The molecule has 17 heavy (non-hydrogen) atoms. The maximum atomic E-state index is 12.5. The lowest BCUT2D eigenvalue weighted by atomic mass is 10.1. The van der Waals surface area contributed by atoms with E-state index in [1.807, 2.05) is 33.1 Å². The van der Waals surface area contributed by atoms with Crippen LogP contribution in [0.5, 0.6) is 0 Å². The summed E-state index contributed by atoms with van der Waals surface area (Å²) < 4.78 is 18.0. The molecule has 0 rings (SSSR count). The van der Waals surface area contributed by atoms with Crippen LogP contribution in [0.1, 0.15) is 48.5 Å². The van der Waals surface area contributed by atoms with Gasteiger partial charge in [-0.25, -0.2) is 5.09 Å². The number of hydrogen-bond acceptors (Lipinski definition) is 3. The van der Waals surface area contributed by atoms with Crippen molar-refractivity contribution in [1.29, 1.82) is 0 Å². The van der Waals surface area contributed by atoms with Crippen molar-refractivity contribution in [2.24, 2.45) is 0 Å². The normalized spacial score (nSPS) is 17.4. The summed E-state index contributed by atoms with van der Waals surface area (Å²) in [7, 11) is -2.88. The molecule has 3 nitrogen and oxygen atoms in total. The molecule has 0 fully saturated rings. The number of thioether (sulfide) groups is 1. The van der Waals surface area contributed by atoms with Gasteiger partial charge >= 0.3 is 0 Å². The molecule has 0 aromatic carbocycles. The quantitative estimate of drug-likeness (QED) is 0.746. The first kappa shape index (κ1) is 17.2. The molecule has 5 heteroatoms. The molecule has 0 bridgehead atoms. The Morgan fingerprint density at radius 1 is 1.24 bits per heavy atom. The van der Waals surface area contributed by atoms with Crippen LogP contribution in [0.2, 0.25) is 0 Å². The number of hydrogen-bond donors (Lipinski definition) is 1. The third kappa shape index (κ3) is 9.90. The third-order valence-electron chi connectivity index (χ3n) is 1.49. The highest BCUT2D eigenvalue weighted by atomic mass is 32.2. The van der Waals surface area contributed by atoms with Crippen molar-refractivity contribution in [1.82, 2.24) is 5.09 Å². The Balaban J connectivity index is 4.68. The topological polar surface area (TPSA) is 38.3 Å². The molecular weight excluding hydrogens is 253 g/mol. The molecule has 0 saturated heterocycles. The van der Waals surface area contributed by atoms with Crippen LogP contribution in [0.15, 0.2) is 11.2 Å². The fourth-order valence-corrected chi connectivity index (χ4v) is 3.92. The zero-order valence-electron chi connectivity index (χ0n) is 12.0. The molecule has 0 radical (unpaired) electrons. The van der Waals surface area contributed by atoms with Crippen molar-refractivity contribution >= 4 is 19.3 Å². The van der Waals surface area contributed by atoms with Gasteiger partial charge in [-0.1, -0.05) is 20.8 Å². The summed E-state index contributed by atoms with van der Waals surface area (Å²) in [6.07, 6.45) is 0. The highest BCUT2D eigenvalue weighted by Gasteiger charge is 2.25. The zero-order chi connectivity index (χ0) is 13.7. The lowest BCUT2D eigenvalue weighted by molar-refractivity contribution is 0.318. The maximum Gasteiger partial charge on any atom is 0.293 e. The average Bonchev–Trinajstić information content (AvgIpc) is 1.96. The minimum Gasteiger partial charge on any atom is -0.315 e. The zero-order valence-corrected chi connectivity index (χ0v) is 13.7. The molecule has 0 spiro atoms. The van der Waals surface area contributed by atoms with E-state index in [9.17, 15) is 4.57 Å².